The van der Waals surface area contributed by atoms with Gasteiger partial charge in [-0.2, -0.15) is 0 Å². The Bertz CT molecular complexity index is 339. The van der Waals surface area contributed by atoms with E-state index < -0.39 is 17.4 Å². The molecule has 4 nitrogen and oxygen atoms in total. The van der Waals surface area contributed by atoms with Crippen LogP contribution in [0.1, 0.15) is 40.5 Å². The summed E-state index contributed by atoms with van der Waals surface area (Å²) in [6.45, 7) is 8.09. The van der Waals surface area contributed by atoms with Crippen molar-refractivity contribution in [1.29, 1.82) is 0 Å². The van der Waals surface area contributed by atoms with E-state index >= 15 is 0 Å². The molecule has 0 spiro atoms. The summed E-state index contributed by atoms with van der Waals surface area (Å²) in [7, 11) is 0. The molecule has 1 aliphatic carbocycles. The summed E-state index contributed by atoms with van der Waals surface area (Å²) < 4.78 is 10.3. The van der Waals surface area contributed by atoms with Gasteiger partial charge in [-0.1, -0.05) is 26.0 Å². The minimum atomic E-state index is -1.17. The van der Waals surface area contributed by atoms with Gasteiger partial charge in [0.2, 0.25) is 0 Å². The van der Waals surface area contributed by atoms with Crippen molar-refractivity contribution in [3.05, 3.63) is 12.2 Å². The Kier molecular flexibility index (Phi) is 5.58. The maximum atomic E-state index is 12.4. The van der Waals surface area contributed by atoms with E-state index in [1.54, 1.807) is 13.8 Å². The van der Waals surface area contributed by atoms with Crippen LogP contribution in [0.3, 0.4) is 0 Å². The number of carbonyl (C=O) groups excluding carboxylic acids is 2. The van der Waals surface area contributed by atoms with E-state index in [1.807, 2.05) is 26.0 Å². The van der Waals surface area contributed by atoms with Crippen LogP contribution >= 0.6 is 0 Å². The SMILES string of the molecule is CCOC(=O)C1(C(=O)OCC)CC=CC[C@H]1C(C)C. The predicted molar refractivity (Wildman–Crippen MR) is 72.4 cm³/mol. The summed E-state index contributed by atoms with van der Waals surface area (Å²) in [5.41, 5.74) is -1.17. The number of carbonyl (C=O) groups is 2. The molecule has 1 aliphatic rings. The number of hydrogen-bond acceptors (Lipinski definition) is 4. The number of ether oxygens (including phenoxy) is 2. The zero-order valence-electron chi connectivity index (χ0n) is 12.3. The highest BCUT2D eigenvalue weighted by atomic mass is 16.6. The van der Waals surface area contributed by atoms with Gasteiger partial charge in [-0.15, -0.1) is 0 Å². The van der Waals surface area contributed by atoms with Crippen LogP contribution in [-0.2, 0) is 19.1 Å². The van der Waals surface area contributed by atoms with Crippen molar-refractivity contribution in [2.45, 2.75) is 40.5 Å². The number of esters is 2. The van der Waals surface area contributed by atoms with Gasteiger partial charge in [0.05, 0.1) is 13.2 Å². The van der Waals surface area contributed by atoms with E-state index in [0.29, 0.717) is 12.8 Å². The van der Waals surface area contributed by atoms with Crippen LogP contribution in [0.5, 0.6) is 0 Å². The summed E-state index contributed by atoms with van der Waals surface area (Å²) in [5.74, 6) is -0.762. The smallest absolute Gasteiger partial charge is 0.324 e. The molecule has 0 saturated heterocycles. The van der Waals surface area contributed by atoms with Crippen molar-refractivity contribution in [2.24, 2.45) is 17.3 Å². The van der Waals surface area contributed by atoms with Gasteiger partial charge in [-0.25, -0.2) is 0 Å². The molecule has 0 fully saturated rings. The zero-order valence-corrected chi connectivity index (χ0v) is 12.3. The van der Waals surface area contributed by atoms with Crippen molar-refractivity contribution < 1.29 is 19.1 Å². The average molecular weight is 268 g/mol. The lowest BCUT2D eigenvalue weighted by molar-refractivity contribution is -0.178. The van der Waals surface area contributed by atoms with Crippen molar-refractivity contribution in [2.75, 3.05) is 13.2 Å². The van der Waals surface area contributed by atoms with Gasteiger partial charge in [0.1, 0.15) is 0 Å². The highest BCUT2D eigenvalue weighted by Crippen LogP contribution is 2.44. The molecule has 0 aromatic heterocycles. The molecular weight excluding hydrogens is 244 g/mol. The topological polar surface area (TPSA) is 52.6 Å². The van der Waals surface area contributed by atoms with Crippen molar-refractivity contribution in [3.8, 4) is 0 Å². The molecule has 108 valence electrons. The Morgan fingerprint density at radius 1 is 1.16 bits per heavy atom. The van der Waals surface area contributed by atoms with Crippen LogP contribution in [-0.4, -0.2) is 25.2 Å². The third kappa shape index (κ3) is 2.99. The Hall–Kier alpha value is -1.32. The van der Waals surface area contributed by atoms with Crippen LogP contribution in [0.25, 0.3) is 0 Å². The minimum absolute atomic E-state index is 0.0735. The van der Waals surface area contributed by atoms with Crippen molar-refractivity contribution in [3.63, 3.8) is 0 Å². The fourth-order valence-electron chi connectivity index (χ4n) is 2.78. The van der Waals surface area contributed by atoms with Gasteiger partial charge in [0.15, 0.2) is 5.41 Å². The fraction of sp³-hybridized carbons (Fsp3) is 0.733. The van der Waals surface area contributed by atoms with E-state index in [-0.39, 0.29) is 25.0 Å². The van der Waals surface area contributed by atoms with E-state index in [9.17, 15) is 9.59 Å². The summed E-state index contributed by atoms with van der Waals surface area (Å²) >= 11 is 0. The second-order valence-electron chi connectivity index (χ2n) is 5.17. The number of hydrogen-bond donors (Lipinski definition) is 0. The third-order valence-corrected chi connectivity index (χ3v) is 3.71. The summed E-state index contributed by atoms with van der Waals surface area (Å²) in [4.78, 5) is 24.8. The lowest BCUT2D eigenvalue weighted by atomic mass is 9.64. The van der Waals surface area contributed by atoms with Gasteiger partial charge in [0, 0.05) is 0 Å². The first-order valence-electron chi connectivity index (χ1n) is 7.00. The Balaban J connectivity index is 3.18. The lowest BCUT2D eigenvalue weighted by Crippen LogP contribution is -2.50. The molecule has 0 heterocycles. The average Bonchev–Trinajstić information content (AvgIpc) is 2.38. The molecule has 0 aromatic carbocycles. The summed E-state index contributed by atoms with van der Waals surface area (Å²) in [5, 5.41) is 0. The fourth-order valence-corrected chi connectivity index (χ4v) is 2.78. The van der Waals surface area contributed by atoms with Crippen LogP contribution in [0, 0.1) is 17.3 Å². The maximum absolute atomic E-state index is 12.4. The van der Waals surface area contributed by atoms with Gasteiger partial charge >= 0.3 is 11.9 Å². The molecule has 1 atom stereocenters. The summed E-state index contributed by atoms with van der Waals surface area (Å²) in [6, 6.07) is 0. The number of allylic oxidation sites excluding steroid dienone is 2. The quantitative estimate of drug-likeness (QED) is 0.437. The van der Waals surface area contributed by atoms with Crippen molar-refractivity contribution in [1.82, 2.24) is 0 Å². The van der Waals surface area contributed by atoms with E-state index in [1.165, 1.54) is 0 Å². The number of rotatable bonds is 5. The van der Waals surface area contributed by atoms with E-state index in [4.69, 9.17) is 9.47 Å². The molecule has 4 heteroatoms. The highest BCUT2D eigenvalue weighted by Gasteiger charge is 2.55. The first kappa shape index (κ1) is 15.7. The van der Waals surface area contributed by atoms with Crippen LogP contribution in [0.4, 0.5) is 0 Å². The van der Waals surface area contributed by atoms with Gasteiger partial charge in [-0.05, 0) is 38.5 Å². The molecule has 1 rings (SSSR count). The minimum Gasteiger partial charge on any atom is -0.465 e. The standard InChI is InChI=1S/C15H24O4/c1-5-18-13(16)15(14(17)19-6-2)10-8-7-9-12(15)11(3)4/h7-8,11-12H,5-6,9-10H2,1-4H3/t12-/m0/s1. The first-order valence-corrected chi connectivity index (χ1v) is 7.00. The molecule has 0 bridgehead atoms. The Morgan fingerprint density at radius 2 is 1.68 bits per heavy atom. The van der Waals surface area contributed by atoms with E-state index in [0.717, 1.165) is 0 Å². The molecule has 0 unspecified atom stereocenters. The van der Waals surface area contributed by atoms with Gasteiger partial charge in [0.25, 0.3) is 0 Å². The normalized spacial score (nSPS) is 21.2. The van der Waals surface area contributed by atoms with Crippen LogP contribution in [0.15, 0.2) is 12.2 Å². The van der Waals surface area contributed by atoms with E-state index in [2.05, 4.69) is 0 Å². The highest BCUT2D eigenvalue weighted by molar-refractivity contribution is 6.01. The molecular formula is C15H24O4. The zero-order chi connectivity index (χ0) is 14.5. The maximum Gasteiger partial charge on any atom is 0.324 e. The largest absolute Gasteiger partial charge is 0.465 e. The molecule has 0 aliphatic heterocycles. The van der Waals surface area contributed by atoms with Crippen LogP contribution in [0.2, 0.25) is 0 Å². The summed E-state index contributed by atoms with van der Waals surface area (Å²) in [6.07, 6.45) is 4.98. The lowest BCUT2D eigenvalue weighted by Gasteiger charge is -2.39. The van der Waals surface area contributed by atoms with Crippen LogP contribution < -0.4 is 0 Å². The molecule has 0 saturated carbocycles. The molecule has 0 N–H and O–H groups in total. The van der Waals surface area contributed by atoms with Crippen molar-refractivity contribution >= 4 is 11.9 Å². The monoisotopic (exact) mass is 268 g/mol. The molecule has 0 radical (unpaired) electrons. The van der Waals surface area contributed by atoms with Gasteiger partial charge in [-0.3, -0.25) is 9.59 Å². The second kappa shape index (κ2) is 6.73. The third-order valence-electron chi connectivity index (χ3n) is 3.71. The second-order valence-corrected chi connectivity index (χ2v) is 5.17. The van der Waals surface area contributed by atoms with Gasteiger partial charge < -0.3 is 9.47 Å². The first-order chi connectivity index (χ1) is 9.00. The molecule has 0 aromatic rings. The molecule has 0 amide bonds. The molecule has 19 heavy (non-hydrogen) atoms. The Morgan fingerprint density at radius 3 is 2.11 bits per heavy atom. The predicted octanol–water partition coefficient (Wildman–Crippen LogP) is 2.72. The Labute approximate surface area is 115 Å².